The maximum absolute atomic E-state index is 12.9. The van der Waals surface area contributed by atoms with Gasteiger partial charge in [-0.1, -0.05) is 0 Å². The van der Waals surface area contributed by atoms with Gasteiger partial charge in [0.1, 0.15) is 24.3 Å². The van der Waals surface area contributed by atoms with Crippen LogP contribution < -0.4 is 4.74 Å². The largest absolute Gasteiger partial charge is 0.491 e. The molecule has 0 bridgehead atoms. The molecule has 0 radical (unpaired) electrons. The number of aliphatic hydroxyl groups is 2. The SMILES string of the molecule is OC[C@H](O)COc1ccc(Br)c(F)c1. The van der Waals surface area contributed by atoms with E-state index in [1.807, 2.05) is 0 Å². The summed E-state index contributed by atoms with van der Waals surface area (Å²) in [5, 5.41) is 17.5. The van der Waals surface area contributed by atoms with Crippen molar-refractivity contribution in [1.29, 1.82) is 0 Å². The van der Waals surface area contributed by atoms with Crippen LogP contribution in [0, 0.1) is 5.82 Å². The number of hydrogen-bond acceptors (Lipinski definition) is 3. The zero-order chi connectivity index (χ0) is 10.6. The van der Waals surface area contributed by atoms with E-state index >= 15 is 0 Å². The van der Waals surface area contributed by atoms with Gasteiger partial charge in [0.2, 0.25) is 0 Å². The fourth-order valence-corrected chi connectivity index (χ4v) is 1.06. The smallest absolute Gasteiger partial charge is 0.141 e. The van der Waals surface area contributed by atoms with Crippen LogP contribution in [0.15, 0.2) is 22.7 Å². The summed E-state index contributed by atoms with van der Waals surface area (Å²) >= 11 is 3.00. The van der Waals surface area contributed by atoms with E-state index in [0.717, 1.165) is 0 Å². The first-order chi connectivity index (χ1) is 6.63. The molecule has 0 amide bonds. The molecular weight excluding hydrogens is 255 g/mol. The van der Waals surface area contributed by atoms with Crippen molar-refractivity contribution < 1.29 is 19.3 Å². The summed E-state index contributed by atoms with van der Waals surface area (Å²) < 4.78 is 18.3. The first-order valence-electron chi connectivity index (χ1n) is 4.00. The Labute approximate surface area is 89.3 Å². The molecule has 3 nitrogen and oxygen atoms in total. The van der Waals surface area contributed by atoms with E-state index in [4.69, 9.17) is 14.9 Å². The summed E-state index contributed by atoms with van der Waals surface area (Å²) in [5.41, 5.74) is 0. The Morgan fingerprint density at radius 1 is 1.50 bits per heavy atom. The molecule has 1 rings (SSSR count). The fraction of sp³-hybridized carbons (Fsp3) is 0.333. The molecule has 0 heterocycles. The number of ether oxygens (including phenoxy) is 1. The molecule has 14 heavy (non-hydrogen) atoms. The van der Waals surface area contributed by atoms with Crippen LogP contribution in [0.5, 0.6) is 5.75 Å². The minimum absolute atomic E-state index is 0.0580. The lowest BCUT2D eigenvalue weighted by Gasteiger charge is -2.09. The first kappa shape index (κ1) is 11.4. The highest BCUT2D eigenvalue weighted by Gasteiger charge is 2.05. The molecule has 1 aromatic carbocycles. The van der Waals surface area contributed by atoms with E-state index in [2.05, 4.69) is 15.9 Å². The van der Waals surface area contributed by atoms with Gasteiger partial charge >= 0.3 is 0 Å². The van der Waals surface area contributed by atoms with Crippen molar-refractivity contribution in [2.75, 3.05) is 13.2 Å². The standard InChI is InChI=1S/C9H10BrFO3/c10-8-2-1-7(3-9(8)11)14-5-6(13)4-12/h1-3,6,12-13H,4-5H2/t6-/m0/s1. The predicted molar refractivity (Wildman–Crippen MR) is 52.7 cm³/mol. The van der Waals surface area contributed by atoms with Crippen molar-refractivity contribution in [2.24, 2.45) is 0 Å². The minimum atomic E-state index is -0.943. The second-order valence-corrected chi connectivity index (χ2v) is 3.58. The number of aliphatic hydroxyl groups excluding tert-OH is 2. The van der Waals surface area contributed by atoms with Gasteiger partial charge in [0.05, 0.1) is 11.1 Å². The Balaban J connectivity index is 2.55. The third kappa shape index (κ3) is 3.25. The van der Waals surface area contributed by atoms with Crippen molar-refractivity contribution in [2.45, 2.75) is 6.10 Å². The fourth-order valence-electron chi connectivity index (χ4n) is 0.812. The van der Waals surface area contributed by atoms with E-state index in [-0.39, 0.29) is 13.2 Å². The van der Waals surface area contributed by atoms with Crippen molar-refractivity contribution in [3.8, 4) is 5.75 Å². The summed E-state index contributed by atoms with van der Waals surface area (Å²) in [6.45, 7) is -0.434. The quantitative estimate of drug-likeness (QED) is 0.863. The molecule has 0 saturated carbocycles. The van der Waals surface area contributed by atoms with Crippen molar-refractivity contribution in [3.05, 3.63) is 28.5 Å². The van der Waals surface area contributed by atoms with Gasteiger partial charge in [0.25, 0.3) is 0 Å². The van der Waals surface area contributed by atoms with E-state index in [1.54, 1.807) is 6.07 Å². The number of hydrogen-bond donors (Lipinski definition) is 2. The van der Waals surface area contributed by atoms with Crippen molar-refractivity contribution in [1.82, 2.24) is 0 Å². The highest BCUT2D eigenvalue weighted by atomic mass is 79.9. The van der Waals surface area contributed by atoms with Gasteiger partial charge in [-0.2, -0.15) is 0 Å². The zero-order valence-electron chi connectivity index (χ0n) is 7.28. The van der Waals surface area contributed by atoms with Gasteiger partial charge in [-0.05, 0) is 28.1 Å². The molecule has 78 valence electrons. The summed E-state index contributed by atoms with van der Waals surface area (Å²) in [7, 11) is 0. The Morgan fingerprint density at radius 2 is 2.21 bits per heavy atom. The molecule has 0 saturated heterocycles. The van der Waals surface area contributed by atoms with E-state index in [0.29, 0.717) is 10.2 Å². The van der Waals surface area contributed by atoms with Gasteiger partial charge in [-0.3, -0.25) is 0 Å². The average molecular weight is 265 g/mol. The zero-order valence-corrected chi connectivity index (χ0v) is 8.87. The molecule has 1 atom stereocenters. The molecule has 0 aliphatic carbocycles. The summed E-state index contributed by atoms with van der Waals surface area (Å²) in [5.74, 6) is -0.112. The number of benzene rings is 1. The van der Waals surface area contributed by atoms with Gasteiger partial charge in [0, 0.05) is 6.07 Å². The van der Waals surface area contributed by atoms with Crippen LogP contribution in [-0.2, 0) is 0 Å². The van der Waals surface area contributed by atoms with E-state index in [9.17, 15) is 4.39 Å². The van der Waals surface area contributed by atoms with Crippen LogP contribution in [-0.4, -0.2) is 29.5 Å². The third-order valence-corrected chi connectivity index (χ3v) is 2.19. The minimum Gasteiger partial charge on any atom is -0.491 e. The van der Waals surface area contributed by atoms with Gasteiger partial charge < -0.3 is 14.9 Å². The Kier molecular flexibility index (Phi) is 4.31. The second kappa shape index (κ2) is 5.29. The molecule has 0 unspecified atom stereocenters. The number of halogens is 2. The molecule has 0 aromatic heterocycles. The summed E-state index contributed by atoms with van der Waals surface area (Å²) in [4.78, 5) is 0. The maximum atomic E-state index is 12.9. The molecule has 5 heteroatoms. The second-order valence-electron chi connectivity index (χ2n) is 2.72. The third-order valence-electron chi connectivity index (χ3n) is 1.54. The van der Waals surface area contributed by atoms with Gasteiger partial charge in [-0.25, -0.2) is 4.39 Å². The van der Waals surface area contributed by atoms with Crippen LogP contribution >= 0.6 is 15.9 Å². The number of rotatable bonds is 4. The van der Waals surface area contributed by atoms with Crippen LogP contribution in [0.25, 0.3) is 0 Å². The average Bonchev–Trinajstić information content (AvgIpc) is 2.19. The summed E-state index contributed by atoms with van der Waals surface area (Å²) in [6, 6.07) is 4.28. The van der Waals surface area contributed by atoms with Crippen molar-refractivity contribution in [3.63, 3.8) is 0 Å². The Bertz CT molecular complexity index is 306. The lowest BCUT2D eigenvalue weighted by Crippen LogP contribution is -2.21. The molecule has 0 spiro atoms. The van der Waals surface area contributed by atoms with Crippen LogP contribution in [0.4, 0.5) is 4.39 Å². The topological polar surface area (TPSA) is 49.7 Å². The van der Waals surface area contributed by atoms with Crippen LogP contribution in [0.2, 0.25) is 0 Å². The molecule has 1 aromatic rings. The lowest BCUT2D eigenvalue weighted by atomic mass is 10.3. The van der Waals surface area contributed by atoms with Gasteiger partial charge in [-0.15, -0.1) is 0 Å². The van der Waals surface area contributed by atoms with Crippen LogP contribution in [0.3, 0.4) is 0 Å². The highest BCUT2D eigenvalue weighted by Crippen LogP contribution is 2.20. The van der Waals surface area contributed by atoms with E-state index in [1.165, 1.54) is 12.1 Å². The molecule has 0 fully saturated rings. The monoisotopic (exact) mass is 264 g/mol. The van der Waals surface area contributed by atoms with Crippen molar-refractivity contribution >= 4 is 15.9 Å². The van der Waals surface area contributed by atoms with Gasteiger partial charge in [0.15, 0.2) is 0 Å². The van der Waals surface area contributed by atoms with Crippen LogP contribution in [0.1, 0.15) is 0 Å². The molecule has 2 N–H and O–H groups in total. The van der Waals surface area contributed by atoms with E-state index < -0.39 is 11.9 Å². The molecule has 0 aliphatic heterocycles. The Morgan fingerprint density at radius 3 is 2.79 bits per heavy atom. The maximum Gasteiger partial charge on any atom is 0.141 e. The molecule has 0 aliphatic rings. The Hall–Kier alpha value is -0.650. The predicted octanol–water partition coefficient (Wildman–Crippen LogP) is 1.32. The normalized spacial score (nSPS) is 12.6. The lowest BCUT2D eigenvalue weighted by molar-refractivity contribution is 0.0535. The summed E-state index contributed by atoms with van der Waals surface area (Å²) in [6.07, 6.45) is -0.943. The molecular formula is C9H10BrFO3. The highest BCUT2D eigenvalue weighted by molar-refractivity contribution is 9.10. The first-order valence-corrected chi connectivity index (χ1v) is 4.79.